The van der Waals surface area contributed by atoms with Crippen molar-refractivity contribution in [1.29, 1.82) is 0 Å². The van der Waals surface area contributed by atoms with Gasteiger partial charge < -0.3 is 5.32 Å². The van der Waals surface area contributed by atoms with Gasteiger partial charge in [-0.05, 0) is 19.4 Å². The quantitative estimate of drug-likeness (QED) is 0.746. The lowest BCUT2D eigenvalue weighted by molar-refractivity contribution is 0.561. The molecule has 1 N–H and O–H groups in total. The number of terminal acetylenes is 1. The summed E-state index contributed by atoms with van der Waals surface area (Å²) in [6.45, 7) is 5.48. The van der Waals surface area contributed by atoms with E-state index in [9.17, 15) is 0 Å². The van der Waals surface area contributed by atoms with Crippen molar-refractivity contribution in [2.75, 3.05) is 18.1 Å². The highest BCUT2D eigenvalue weighted by molar-refractivity contribution is 8.07. The van der Waals surface area contributed by atoms with Gasteiger partial charge in [-0.2, -0.15) is 23.5 Å². The van der Waals surface area contributed by atoms with Gasteiger partial charge in [-0.3, -0.25) is 0 Å². The van der Waals surface area contributed by atoms with E-state index in [-0.39, 0.29) is 6.04 Å². The van der Waals surface area contributed by atoms with Gasteiger partial charge in [-0.15, -0.1) is 6.42 Å². The smallest absolute Gasteiger partial charge is 0.0818 e. The van der Waals surface area contributed by atoms with Crippen molar-refractivity contribution < 1.29 is 0 Å². The number of nitrogens with one attached hydrogen (secondary N) is 1. The van der Waals surface area contributed by atoms with E-state index < -0.39 is 0 Å². The van der Waals surface area contributed by atoms with Crippen LogP contribution in [0.3, 0.4) is 0 Å². The first-order valence-electron chi connectivity index (χ1n) is 5.76. The molecule has 1 aliphatic rings. The third-order valence-corrected chi connectivity index (χ3v) is 5.97. The second-order valence-corrected chi connectivity index (χ2v) is 6.38. The highest BCUT2D eigenvalue weighted by atomic mass is 32.2. The predicted octanol–water partition coefficient (Wildman–Crippen LogP) is 2.62. The molecule has 0 aliphatic carbocycles. The van der Waals surface area contributed by atoms with Crippen LogP contribution in [0, 0.1) is 12.3 Å². The molecule has 0 saturated carbocycles. The molecule has 1 saturated heterocycles. The van der Waals surface area contributed by atoms with Gasteiger partial charge in [-0.25, -0.2) is 0 Å². The summed E-state index contributed by atoms with van der Waals surface area (Å²) in [5, 5.41) is 4.82. The molecule has 1 nitrogen and oxygen atoms in total. The van der Waals surface area contributed by atoms with Crippen molar-refractivity contribution in [3.05, 3.63) is 0 Å². The summed E-state index contributed by atoms with van der Waals surface area (Å²) in [7, 11) is 0. The number of rotatable bonds is 5. The van der Waals surface area contributed by atoms with Crippen LogP contribution in [0.25, 0.3) is 0 Å². The first kappa shape index (κ1) is 13.3. The Morgan fingerprint density at radius 3 is 2.73 bits per heavy atom. The van der Waals surface area contributed by atoms with Crippen LogP contribution in [0.5, 0.6) is 0 Å². The molecule has 1 heterocycles. The fraction of sp³-hybridized carbons (Fsp3) is 0.833. The van der Waals surface area contributed by atoms with Gasteiger partial charge in [0.05, 0.1) is 6.04 Å². The summed E-state index contributed by atoms with van der Waals surface area (Å²) in [5.41, 5.74) is 0. The minimum absolute atomic E-state index is 0.257. The zero-order valence-corrected chi connectivity index (χ0v) is 11.3. The first-order chi connectivity index (χ1) is 7.33. The molecule has 0 spiro atoms. The van der Waals surface area contributed by atoms with Crippen LogP contribution in [0.2, 0.25) is 0 Å². The average molecular weight is 243 g/mol. The minimum Gasteiger partial charge on any atom is -0.303 e. The number of hydrogen-bond acceptors (Lipinski definition) is 3. The zero-order chi connectivity index (χ0) is 11.1. The monoisotopic (exact) mass is 243 g/mol. The van der Waals surface area contributed by atoms with E-state index in [1.807, 2.05) is 0 Å². The molecule has 15 heavy (non-hydrogen) atoms. The maximum absolute atomic E-state index is 5.63. The van der Waals surface area contributed by atoms with Gasteiger partial charge >= 0.3 is 0 Å². The van der Waals surface area contributed by atoms with Crippen molar-refractivity contribution in [2.24, 2.45) is 0 Å². The lowest BCUT2D eigenvalue weighted by Crippen LogP contribution is -2.44. The topological polar surface area (TPSA) is 12.0 Å². The van der Waals surface area contributed by atoms with Gasteiger partial charge in [0.25, 0.3) is 0 Å². The van der Waals surface area contributed by atoms with E-state index in [4.69, 9.17) is 6.42 Å². The van der Waals surface area contributed by atoms with E-state index in [1.54, 1.807) is 0 Å². The van der Waals surface area contributed by atoms with Gasteiger partial charge in [-0.1, -0.05) is 19.8 Å². The van der Waals surface area contributed by atoms with Crippen LogP contribution < -0.4 is 5.32 Å². The summed E-state index contributed by atoms with van der Waals surface area (Å²) < 4.78 is 0. The molecule has 0 amide bonds. The minimum atomic E-state index is 0.257. The van der Waals surface area contributed by atoms with Crippen LogP contribution in [-0.2, 0) is 0 Å². The van der Waals surface area contributed by atoms with E-state index in [0.717, 1.165) is 18.2 Å². The van der Waals surface area contributed by atoms with Crippen LogP contribution in [0.4, 0.5) is 0 Å². The molecule has 0 radical (unpaired) electrons. The Bertz CT molecular complexity index is 212. The molecule has 86 valence electrons. The molecule has 3 unspecified atom stereocenters. The molecule has 3 atom stereocenters. The Labute approximate surface area is 103 Å². The van der Waals surface area contributed by atoms with Gasteiger partial charge in [0, 0.05) is 22.0 Å². The lowest BCUT2D eigenvalue weighted by atomic mass is 10.1. The van der Waals surface area contributed by atoms with Crippen LogP contribution >= 0.6 is 23.5 Å². The molecule has 1 fully saturated rings. The molecule has 1 rings (SSSR count). The molecule has 0 aromatic carbocycles. The Balaban J connectivity index is 2.52. The Kier molecular flexibility index (Phi) is 6.63. The van der Waals surface area contributed by atoms with E-state index in [2.05, 4.69) is 48.6 Å². The summed E-state index contributed by atoms with van der Waals surface area (Å²) in [6, 6.07) is 0.257. The van der Waals surface area contributed by atoms with Crippen molar-refractivity contribution in [3.63, 3.8) is 0 Å². The summed E-state index contributed by atoms with van der Waals surface area (Å²) in [5.74, 6) is 5.46. The molecule has 3 heteroatoms. The van der Waals surface area contributed by atoms with Crippen molar-refractivity contribution in [3.8, 4) is 12.3 Å². The predicted molar refractivity (Wildman–Crippen MR) is 73.7 cm³/mol. The highest BCUT2D eigenvalue weighted by Gasteiger charge is 2.30. The standard InChI is InChI=1S/C12H21NS2/c1-4-7-13-10(5-2)12-11(6-3)14-8-9-15-12/h2,10-13H,4,6-9H2,1,3H3. The van der Waals surface area contributed by atoms with Crippen molar-refractivity contribution in [1.82, 2.24) is 5.32 Å². The van der Waals surface area contributed by atoms with Crippen LogP contribution in [-0.4, -0.2) is 34.6 Å². The molecule has 1 aliphatic heterocycles. The Hall–Kier alpha value is 0.220. The molecule has 0 aromatic heterocycles. The lowest BCUT2D eigenvalue weighted by Gasteiger charge is -2.34. The van der Waals surface area contributed by atoms with Crippen molar-refractivity contribution >= 4 is 23.5 Å². The van der Waals surface area contributed by atoms with Crippen LogP contribution in [0.15, 0.2) is 0 Å². The Morgan fingerprint density at radius 1 is 1.40 bits per heavy atom. The van der Waals surface area contributed by atoms with E-state index >= 15 is 0 Å². The maximum Gasteiger partial charge on any atom is 0.0818 e. The number of thioether (sulfide) groups is 2. The average Bonchev–Trinajstić information content (AvgIpc) is 2.30. The summed E-state index contributed by atoms with van der Waals surface area (Å²) >= 11 is 4.15. The molecular formula is C12H21NS2. The van der Waals surface area contributed by atoms with E-state index in [0.29, 0.717) is 5.25 Å². The maximum atomic E-state index is 5.63. The number of hydrogen-bond donors (Lipinski definition) is 1. The van der Waals surface area contributed by atoms with Crippen molar-refractivity contribution in [2.45, 2.75) is 43.2 Å². The molecular weight excluding hydrogens is 222 g/mol. The molecule has 0 bridgehead atoms. The normalized spacial score (nSPS) is 28.3. The van der Waals surface area contributed by atoms with E-state index in [1.165, 1.54) is 17.9 Å². The fourth-order valence-corrected chi connectivity index (χ4v) is 4.99. The third-order valence-electron chi connectivity index (χ3n) is 2.62. The summed E-state index contributed by atoms with van der Waals surface area (Å²) in [6.07, 6.45) is 8.01. The Morgan fingerprint density at radius 2 is 2.13 bits per heavy atom. The van der Waals surface area contributed by atoms with Gasteiger partial charge in [0.2, 0.25) is 0 Å². The second kappa shape index (κ2) is 7.49. The fourth-order valence-electron chi connectivity index (χ4n) is 1.82. The first-order valence-corrected chi connectivity index (χ1v) is 7.85. The zero-order valence-electron chi connectivity index (χ0n) is 9.66. The summed E-state index contributed by atoms with van der Waals surface area (Å²) in [4.78, 5) is 0. The highest BCUT2D eigenvalue weighted by Crippen LogP contribution is 2.34. The van der Waals surface area contributed by atoms with Crippen LogP contribution in [0.1, 0.15) is 26.7 Å². The van der Waals surface area contributed by atoms with Gasteiger partial charge in [0.1, 0.15) is 0 Å². The SMILES string of the molecule is C#CC(NCCC)C1SCCSC1CC. The molecule has 0 aromatic rings. The third kappa shape index (κ3) is 3.94. The largest absolute Gasteiger partial charge is 0.303 e. The van der Waals surface area contributed by atoms with Gasteiger partial charge in [0.15, 0.2) is 0 Å². The second-order valence-electron chi connectivity index (χ2n) is 3.75.